The van der Waals surface area contributed by atoms with Crippen molar-refractivity contribution in [3.63, 3.8) is 0 Å². The normalized spacial score (nSPS) is 25.9. The summed E-state index contributed by atoms with van der Waals surface area (Å²) in [5.41, 5.74) is 0. The maximum absolute atomic E-state index is 9.42. The topological polar surface area (TPSA) is 32.3 Å². The van der Waals surface area contributed by atoms with E-state index in [-0.39, 0.29) is 6.10 Å². The van der Waals surface area contributed by atoms with Crippen molar-refractivity contribution in [2.45, 2.75) is 57.7 Å². The standard InChI is InChI=1S/C13H21NOS/c1-2-12-7-8-13(16-12)9-14-10-3-5-11(15)6-4-10/h7-8,10-11,14-15H,2-6,9H2,1H3. The van der Waals surface area contributed by atoms with Gasteiger partial charge in [0.1, 0.15) is 0 Å². The van der Waals surface area contributed by atoms with Gasteiger partial charge in [-0.05, 0) is 44.2 Å². The Morgan fingerprint density at radius 3 is 2.56 bits per heavy atom. The third kappa shape index (κ3) is 3.30. The Morgan fingerprint density at radius 1 is 1.25 bits per heavy atom. The van der Waals surface area contributed by atoms with E-state index in [4.69, 9.17) is 0 Å². The van der Waals surface area contributed by atoms with Crippen LogP contribution < -0.4 is 5.32 Å². The zero-order valence-electron chi connectivity index (χ0n) is 9.91. The third-order valence-corrected chi connectivity index (χ3v) is 4.56. The van der Waals surface area contributed by atoms with Gasteiger partial charge in [-0.2, -0.15) is 0 Å². The molecule has 0 amide bonds. The quantitative estimate of drug-likeness (QED) is 0.846. The van der Waals surface area contributed by atoms with Gasteiger partial charge in [0.05, 0.1) is 6.10 Å². The molecule has 0 unspecified atom stereocenters. The molecule has 0 bridgehead atoms. The second kappa shape index (κ2) is 5.80. The summed E-state index contributed by atoms with van der Waals surface area (Å²) in [5.74, 6) is 0. The molecule has 1 heterocycles. The number of hydrogen-bond acceptors (Lipinski definition) is 3. The molecule has 90 valence electrons. The number of hydrogen-bond donors (Lipinski definition) is 2. The average Bonchev–Trinajstić information content (AvgIpc) is 2.76. The summed E-state index contributed by atoms with van der Waals surface area (Å²) < 4.78 is 0. The lowest BCUT2D eigenvalue weighted by molar-refractivity contribution is 0.116. The van der Waals surface area contributed by atoms with Crippen molar-refractivity contribution in [3.8, 4) is 0 Å². The summed E-state index contributed by atoms with van der Waals surface area (Å²) in [6.07, 6.45) is 5.25. The highest BCUT2D eigenvalue weighted by Crippen LogP contribution is 2.20. The van der Waals surface area contributed by atoms with Crippen LogP contribution in [0.2, 0.25) is 0 Å². The van der Waals surface area contributed by atoms with Gasteiger partial charge in [-0.1, -0.05) is 6.92 Å². The van der Waals surface area contributed by atoms with Crippen LogP contribution in [0, 0.1) is 0 Å². The van der Waals surface area contributed by atoms with Gasteiger partial charge in [-0.3, -0.25) is 0 Å². The van der Waals surface area contributed by atoms with E-state index in [1.165, 1.54) is 9.75 Å². The van der Waals surface area contributed by atoms with Gasteiger partial charge in [0.15, 0.2) is 0 Å². The first-order valence-corrected chi connectivity index (χ1v) is 7.08. The maximum Gasteiger partial charge on any atom is 0.0541 e. The van der Waals surface area contributed by atoms with Crippen LogP contribution in [-0.2, 0) is 13.0 Å². The summed E-state index contributed by atoms with van der Waals surface area (Å²) in [6.45, 7) is 3.19. The van der Waals surface area contributed by atoms with Crippen LogP contribution in [-0.4, -0.2) is 17.3 Å². The summed E-state index contributed by atoms with van der Waals surface area (Å²) >= 11 is 1.91. The Labute approximate surface area is 102 Å². The Balaban J connectivity index is 1.74. The van der Waals surface area contributed by atoms with Gasteiger partial charge < -0.3 is 10.4 Å². The second-order valence-corrected chi connectivity index (χ2v) is 5.86. The number of aliphatic hydroxyl groups excluding tert-OH is 1. The molecule has 1 saturated carbocycles. The first-order chi connectivity index (χ1) is 7.78. The molecule has 3 heteroatoms. The molecular weight excluding hydrogens is 218 g/mol. The van der Waals surface area contributed by atoms with Crippen LogP contribution in [0.15, 0.2) is 12.1 Å². The van der Waals surface area contributed by atoms with Gasteiger partial charge >= 0.3 is 0 Å². The monoisotopic (exact) mass is 239 g/mol. The fraction of sp³-hybridized carbons (Fsp3) is 0.692. The second-order valence-electron chi connectivity index (χ2n) is 4.61. The molecule has 0 aromatic carbocycles. The number of thiophene rings is 1. The van der Waals surface area contributed by atoms with Crippen molar-refractivity contribution < 1.29 is 5.11 Å². The first-order valence-electron chi connectivity index (χ1n) is 6.27. The highest BCUT2D eigenvalue weighted by molar-refractivity contribution is 7.11. The molecule has 2 nitrogen and oxygen atoms in total. The molecule has 1 aliphatic rings. The van der Waals surface area contributed by atoms with Crippen molar-refractivity contribution in [2.24, 2.45) is 0 Å². The molecule has 2 N–H and O–H groups in total. The fourth-order valence-corrected chi connectivity index (χ4v) is 3.14. The van der Waals surface area contributed by atoms with Crippen molar-refractivity contribution >= 4 is 11.3 Å². The lowest BCUT2D eigenvalue weighted by Gasteiger charge is -2.26. The number of nitrogens with one attached hydrogen (secondary N) is 1. The lowest BCUT2D eigenvalue weighted by Crippen LogP contribution is -2.33. The summed E-state index contributed by atoms with van der Waals surface area (Å²) in [6, 6.07) is 5.07. The minimum atomic E-state index is -0.0496. The highest BCUT2D eigenvalue weighted by atomic mass is 32.1. The van der Waals surface area contributed by atoms with Crippen molar-refractivity contribution in [2.75, 3.05) is 0 Å². The van der Waals surface area contributed by atoms with E-state index in [0.29, 0.717) is 6.04 Å². The zero-order valence-corrected chi connectivity index (χ0v) is 10.7. The van der Waals surface area contributed by atoms with E-state index in [0.717, 1.165) is 38.6 Å². The minimum absolute atomic E-state index is 0.0496. The Hall–Kier alpha value is -0.380. The molecule has 1 aliphatic carbocycles. The third-order valence-electron chi connectivity index (χ3n) is 3.33. The molecule has 0 aliphatic heterocycles. The summed E-state index contributed by atoms with van der Waals surface area (Å²) in [5, 5.41) is 13.0. The first kappa shape index (κ1) is 12.1. The molecule has 1 fully saturated rings. The van der Waals surface area contributed by atoms with Crippen LogP contribution in [0.5, 0.6) is 0 Å². The van der Waals surface area contributed by atoms with Gasteiger partial charge in [0.2, 0.25) is 0 Å². The maximum atomic E-state index is 9.42. The SMILES string of the molecule is CCc1ccc(CNC2CCC(O)CC2)s1. The van der Waals surface area contributed by atoms with Gasteiger partial charge in [-0.15, -0.1) is 11.3 Å². The van der Waals surface area contributed by atoms with E-state index in [1.54, 1.807) is 0 Å². The van der Waals surface area contributed by atoms with E-state index in [9.17, 15) is 5.11 Å². The fourth-order valence-electron chi connectivity index (χ4n) is 2.23. The van der Waals surface area contributed by atoms with Crippen molar-refractivity contribution in [3.05, 3.63) is 21.9 Å². The Kier molecular flexibility index (Phi) is 4.38. The molecule has 16 heavy (non-hydrogen) atoms. The zero-order chi connectivity index (χ0) is 11.4. The number of rotatable bonds is 4. The molecule has 1 aromatic heterocycles. The van der Waals surface area contributed by atoms with Crippen LogP contribution in [0.4, 0.5) is 0 Å². The summed E-state index contributed by atoms with van der Waals surface area (Å²) in [4.78, 5) is 2.90. The van der Waals surface area contributed by atoms with Crippen LogP contribution in [0.3, 0.4) is 0 Å². The molecule has 0 saturated heterocycles. The number of aryl methyl sites for hydroxylation is 1. The Morgan fingerprint density at radius 2 is 1.94 bits per heavy atom. The van der Waals surface area contributed by atoms with E-state index in [2.05, 4.69) is 24.4 Å². The lowest BCUT2D eigenvalue weighted by atomic mass is 9.93. The van der Waals surface area contributed by atoms with Crippen LogP contribution in [0.25, 0.3) is 0 Å². The van der Waals surface area contributed by atoms with E-state index < -0.39 is 0 Å². The largest absolute Gasteiger partial charge is 0.393 e. The molecule has 0 spiro atoms. The Bertz CT molecular complexity index is 315. The van der Waals surface area contributed by atoms with Crippen LogP contribution in [0.1, 0.15) is 42.4 Å². The summed E-state index contributed by atoms with van der Waals surface area (Å²) in [7, 11) is 0. The highest BCUT2D eigenvalue weighted by Gasteiger charge is 2.18. The minimum Gasteiger partial charge on any atom is -0.393 e. The predicted octanol–water partition coefficient (Wildman–Crippen LogP) is 2.70. The average molecular weight is 239 g/mol. The van der Waals surface area contributed by atoms with Gasteiger partial charge in [0.25, 0.3) is 0 Å². The van der Waals surface area contributed by atoms with E-state index >= 15 is 0 Å². The van der Waals surface area contributed by atoms with Gasteiger partial charge in [0, 0.05) is 22.3 Å². The number of aliphatic hydroxyl groups is 1. The van der Waals surface area contributed by atoms with E-state index in [1.807, 2.05) is 11.3 Å². The molecule has 0 radical (unpaired) electrons. The molecule has 2 rings (SSSR count). The molecular formula is C13H21NOS. The molecule has 0 atom stereocenters. The van der Waals surface area contributed by atoms with Crippen molar-refractivity contribution in [1.82, 2.24) is 5.32 Å². The van der Waals surface area contributed by atoms with Crippen molar-refractivity contribution in [1.29, 1.82) is 0 Å². The van der Waals surface area contributed by atoms with Crippen LogP contribution >= 0.6 is 11.3 Å². The van der Waals surface area contributed by atoms with Gasteiger partial charge in [-0.25, -0.2) is 0 Å². The smallest absolute Gasteiger partial charge is 0.0541 e. The molecule has 1 aromatic rings. The predicted molar refractivity (Wildman–Crippen MR) is 68.8 cm³/mol.